The average Bonchev–Trinajstić information content (AvgIpc) is 2.47. The second-order valence-corrected chi connectivity index (χ2v) is 5.70. The van der Waals surface area contributed by atoms with Gasteiger partial charge in [-0.3, -0.25) is 0 Å². The molecule has 1 unspecified atom stereocenters. The van der Waals surface area contributed by atoms with Crippen LogP contribution in [0, 0.1) is 5.92 Å². The minimum Gasteiger partial charge on any atom is -0.223 e. The second kappa shape index (κ2) is 5.25. The third-order valence-corrected chi connectivity index (χ3v) is 4.70. The molecule has 0 saturated heterocycles. The van der Waals surface area contributed by atoms with Gasteiger partial charge in [0, 0.05) is 11.1 Å². The predicted octanol–water partition coefficient (Wildman–Crippen LogP) is 4.04. The van der Waals surface area contributed by atoms with Gasteiger partial charge in [-0.1, -0.05) is 32.0 Å². The fourth-order valence-electron chi connectivity index (χ4n) is 0.637. The highest BCUT2D eigenvalue weighted by atomic mass is 79.9. The fraction of sp³-hybridized carbons (Fsp3) is 0.625. The standard InChI is InChI=1S/C8H12BrNS2/c1-3-6(2)4-11-8-10-7(9)5-12-8/h5-6H,3-4H2,1-2H3. The zero-order valence-corrected chi connectivity index (χ0v) is 10.4. The van der Waals surface area contributed by atoms with Gasteiger partial charge in [-0.25, -0.2) is 4.98 Å². The Labute approximate surface area is 90.1 Å². The maximum Gasteiger partial charge on any atom is 0.151 e. The van der Waals surface area contributed by atoms with Crippen LogP contribution in [-0.4, -0.2) is 10.7 Å². The number of aromatic nitrogens is 1. The molecule has 0 N–H and O–H groups in total. The molecule has 0 bridgehead atoms. The molecule has 68 valence electrons. The third-order valence-electron chi connectivity index (χ3n) is 1.64. The minimum atomic E-state index is 0.790. The van der Waals surface area contributed by atoms with Gasteiger partial charge >= 0.3 is 0 Å². The van der Waals surface area contributed by atoms with Crippen molar-refractivity contribution in [3.05, 3.63) is 9.98 Å². The van der Waals surface area contributed by atoms with E-state index in [1.807, 2.05) is 17.1 Å². The molecule has 1 nitrogen and oxygen atoms in total. The van der Waals surface area contributed by atoms with E-state index >= 15 is 0 Å². The van der Waals surface area contributed by atoms with Gasteiger partial charge < -0.3 is 0 Å². The summed E-state index contributed by atoms with van der Waals surface area (Å²) in [5.74, 6) is 1.97. The summed E-state index contributed by atoms with van der Waals surface area (Å²) >= 11 is 6.90. The lowest BCUT2D eigenvalue weighted by Crippen LogP contribution is -1.94. The van der Waals surface area contributed by atoms with E-state index < -0.39 is 0 Å². The van der Waals surface area contributed by atoms with Gasteiger partial charge in [0.15, 0.2) is 4.34 Å². The van der Waals surface area contributed by atoms with Gasteiger partial charge in [-0.15, -0.1) is 11.3 Å². The SMILES string of the molecule is CCC(C)CSc1nc(Br)cs1. The summed E-state index contributed by atoms with van der Waals surface area (Å²) in [5.41, 5.74) is 0. The normalized spacial score (nSPS) is 13.2. The van der Waals surface area contributed by atoms with E-state index in [9.17, 15) is 0 Å². The summed E-state index contributed by atoms with van der Waals surface area (Å²) < 4.78 is 2.13. The fourth-order valence-corrected chi connectivity index (χ4v) is 3.18. The molecule has 0 saturated carbocycles. The smallest absolute Gasteiger partial charge is 0.151 e. The van der Waals surface area contributed by atoms with Crippen molar-refractivity contribution in [2.45, 2.75) is 24.6 Å². The number of rotatable bonds is 4. The van der Waals surface area contributed by atoms with Crippen LogP contribution in [0.25, 0.3) is 0 Å². The van der Waals surface area contributed by atoms with E-state index in [2.05, 4.69) is 34.8 Å². The molecule has 12 heavy (non-hydrogen) atoms. The molecule has 4 heteroatoms. The zero-order valence-electron chi connectivity index (χ0n) is 7.21. The number of thiazole rings is 1. The molecular weight excluding hydrogens is 254 g/mol. The molecule has 1 aromatic rings. The van der Waals surface area contributed by atoms with Gasteiger partial charge in [0.25, 0.3) is 0 Å². The lowest BCUT2D eigenvalue weighted by Gasteiger charge is -2.04. The Hall–Kier alpha value is 0.460. The van der Waals surface area contributed by atoms with Crippen molar-refractivity contribution in [2.75, 3.05) is 5.75 Å². The second-order valence-electron chi connectivity index (χ2n) is 2.76. The molecule has 0 radical (unpaired) electrons. The van der Waals surface area contributed by atoms with Gasteiger partial charge in [-0.05, 0) is 21.8 Å². The van der Waals surface area contributed by atoms with E-state index in [1.165, 1.54) is 16.5 Å². The Morgan fingerprint density at radius 2 is 2.50 bits per heavy atom. The van der Waals surface area contributed by atoms with Crippen LogP contribution in [0.5, 0.6) is 0 Å². The van der Waals surface area contributed by atoms with Gasteiger partial charge in [-0.2, -0.15) is 0 Å². The molecule has 0 spiro atoms. The van der Waals surface area contributed by atoms with Crippen molar-refractivity contribution in [3.8, 4) is 0 Å². The van der Waals surface area contributed by atoms with Crippen molar-refractivity contribution in [3.63, 3.8) is 0 Å². The predicted molar refractivity (Wildman–Crippen MR) is 60.0 cm³/mol. The summed E-state index contributed by atoms with van der Waals surface area (Å²) in [6.07, 6.45) is 1.25. The minimum absolute atomic E-state index is 0.790. The Bertz CT molecular complexity index is 237. The number of hydrogen-bond acceptors (Lipinski definition) is 3. The van der Waals surface area contributed by atoms with Crippen molar-refractivity contribution in [1.29, 1.82) is 0 Å². The van der Waals surface area contributed by atoms with Gasteiger partial charge in [0.05, 0.1) is 0 Å². The first-order chi connectivity index (χ1) is 5.72. The van der Waals surface area contributed by atoms with Gasteiger partial charge in [0.1, 0.15) is 4.60 Å². The Morgan fingerprint density at radius 3 is 3.00 bits per heavy atom. The summed E-state index contributed by atoms with van der Waals surface area (Å²) in [4.78, 5) is 4.32. The molecule has 1 atom stereocenters. The number of thioether (sulfide) groups is 1. The number of halogens is 1. The van der Waals surface area contributed by atoms with E-state index in [4.69, 9.17) is 0 Å². The highest BCUT2D eigenvalue weighted by Crippen LogP contribution is 2.27. The Balaban J connectivity index is 2.33. The average molecular weight is 266 g/mol. The highest BCUT2D eigenvalue weighted by Gasteiger charge is 2.03. The van der Waals surface area contributed by atoms with Crippen LogP contribution in [0.1, 0.15) is 20.3 Å². The lowest BCUT2D eigenvalue weighted by atomic mass is 10.2. The van der Waals surface area contributed by atoms with Crippen molar-refractivity contribution in [1.82, 2.24) is 4.98 Å². The lowest BCUT2D eigenvalue weighted by molar-refractivity contribution is 0.637. The first kappa shape index (κ1) is 10.5. The van der Waals surface area contributed by atoms with E-state index in [-0.39, 0.29) is 0 Å². The molecule has 1 rings (SSSR count). The molecule has 0 aromatic carbocycles. The summed E-state index contributed by atoms with van der Waals surface area (Å²) in [6.45, 7) is 4.50. The molecule has 0 aliphatic heterocycles. The van der Waals surface area contributed by atoms with Gasteiger partial charge in [0.2, 0.25) is 0 Å². The molecule has 0 aliphatic rings. The Kier molecular flexibility index (Phi) is 4.61. The van der Waals surface area contributed by atoms with Crippen LogP contribution < -0.4 is 0 Å². The highest BCUT2D eigenvalue weighted by molar-refractivity contribution is 9.10. The number of hydrogen-bond donors (Lipinski definition) is 0. The molecule has 0 fully saturated rings. The molecular formula is C8H12BrNS2. The van der Waals surface area contributed by atoms with Crippen LogP contribution in [0.4, 0.5) is 0 Å². The van der Waals surface area contributed by atoms with E-state index in [0.717, 1.165) is 10.5 Å². The van der Waals surface area contributed by atoms with Crippen LogP contribution >= 0.6 is 39.0 Å². The van der Waals surface area contributed by atoms with E-state index in [0.29, 0.717) is 0 Å². The maximum absolute atomic E-state index is 4.32. The molecule has 0 aliphatic carbocycles. The summed E-state index contributed by atoms with van der Waals surface area (Å²) in [6, 6.07) is 0. The zero-order chi connectivity index (χ0) is 8.97. The summed E-state index contributed by atoms with van der Waals surface area (Å²) in [5, 5.41) is 2.03. The van der Waals surface area contributed by atoms with Crippen LogP contribution in [-0.2, 0) is 0 Å². The quantitative estimate of drug-likeness (QED) is 0.763. The molecule has 1 heterocycles. The number of nitrogens with zero attached hydrogens (tertiary/aromatic N) is 1. The molecule has 0 amide bonds. The largest absolute Gasteiger partial charge is 0.223 e. The third kappa shape index (κ3) is 3.46. The van der Waals surface area contributed by atoms with E-state index in [1.54, 1.807) is 11.3 Å². The van der Waals surface area contributed by atoms with Crippen molar-refractivity contribution >= 4 is 39.0 Å². The summed E-state index contributed by atoms with van der Waals surface area (Å²) in [7, 11) is 0. The van der Waals surface area contributed by atoms with Crippen LogP contribution in [0.3, 0.4) is 0 Å². The monoisotopic (exact) mass is 265 g/mol. The maximum atomic E-state index is 4.32. The first-order valence-electron chi connectivity index (χ1n) is 3.96. The Morgan fingerprint density at radius 1 is 1.75 bits per heavy atom. The van der Waals surface area contributed by atoms with Crippen molar-refractivity contribution in [2.24, 2.45) is 5.92 Å². The van der Waals surface area contributed by atoms with Crippen molar-refractivity contribution < 1.29 is 0 Å². The first-order valence-corrected chi connectivity index (χ1v) is 6.62. The molecule has 1 aromatic heterocycles. The topological polar surface area (TPSA) is 12.9 Å². The van der Waals surface area contributed by atoms with Crippen LogP contribution in [0.15, 0.2) is 14.3 Å². The van der Waals surface area contributed by atoms with Crippen LogP contribution in [0.2, 0.25) is 0 Å².